The van der Waals surface area contributed by atoms with E-state index in [4.69, 9.17) is 14.9 Å². The van der Waals surface area contributed by atoms with E-state index < -0.39 is 0 Å². The predicted octanol–water partition coefficient (Wildman–Crippen LogP) is 7.07. The number of aromatic nitrogens is 3. The maximum Gasteiger partial charge on any atom is 0.248 e. The highest BCUT2D eigenvalue weighted by Crippen LogP contribution is 2.33. The van der Waals surface area contributed by atoms with E-state index in [0.29, 0.717) is 17.0 Å². The molecule has 4 aromatic rings. The van der Waals surface area contributed by atoms with Crippen LogP contribution in [0.1, 0.15) is 30.5 Å². The summed E-state index contributed by atoms with van der Waals surface area (Å²) in [6.07, 6.45) is 3.20. The lowest BCUT2D eigenvalue weighted by molar-refractivity contribution is -0.111. The van der Waals surface area contributed by atoms with Gasteiger partial charge in [0.15, 0.2) is 0 Å². The Labute approximate surface area is 233 Å². The van der Waals surface area contributed by atoms with Crippen LogP contribution in [0.4, 0.5) is 11.4 Å². The van der Waals surface area contributed by atoms with Crippen molar-refractivity contribution in [2.24, 2.45) is 0 Å². The molecule has 0 bridgehead atoms. The number of methoxy groups -OCH3 is 1. The number of carbonyl (C=O) groups excluding carboxylic acids is 1. The minimum absolute atomic E-state index is 0.254. The molecule has 1 N–H and O–H groups in total. The Bertz CT molecular complexity index is 1490. The first-order chi connectivity index (χ1) is 17.7. The topological polar surface area (TPSA) is 72.3 Å². The van der Waals surface area contributed by atoms with E-state index in [2.05, 4.69) is 81.0 Å². The number of aryl methyl sites for hydroxylation is 2. The van der Waals surface area contributed by atoms with Crippen molar-refractivity contribution in [3.05, 3.63) is 74.2 Å². The molecule has 192 valence electrons. The van der Waals surface area contributed by atoms with Crippen molar-refractivity contribution in [2.75, 3.05) is 30.4 Å². The molecule has 0 aliphatic rings. The smallest absolute Gasteiger partial charge is 0.248 e. The lowest BCUT2D eigenvalue weighted by Crippen LogP contribution is -2.21. The van der Waals surface area contributed by atoms with Crippen LogP contribution in [0.15, 0.2) is 57.5 Å². The molecule has 0 aliphatic carbocycles. The summed E-state index contributed by atoms with van der Waals surface area (Å²) in [6, 6.07) is 13.9. The molecule has 4 rings (SSSR count). The molecule has 1 amide bonds. The summed E-state index contributed by atoms with van der Waals surface area (Å²) >= 11 is 6.96. The number of halogens is 2. The van der Waals surface area contributed by atoms with Gasteiger partial charge in [-0.2, -0.15) is 4.80 Å². The van der Waals surface area contributed by atoms with Crippen LogP contribution in [0.3, 0.4) is 0 Å². The van der Waals surface area contributed by atoms with Crippen molar-refractivity contribution in [2.45, 2.75) is 27.7 Å². The zero-order valence-electron chi connectivity index (χ0n) is 21.5. The first kappa shape index (κ1) is 26.9. The third kappa shape index (κ3) is 5.88. The maximum atomic E-state index is 12.7. The lowest BCUT2D eigenvalue weighted by atomic mass is 10.1. The third-order valence-electron chi connectivity index (χ3n) is 6.16. The van der Waals surface area contributed by atoms with Crippen LogP contribution in [0, 0.1) is 13.8 Å². The molecule has 0 unspecified atom stereocenters. The molecule has 37 heavy (non-hydrogen) atoms. The molecule has 0 spiro atoms. The average Bonchev–Trinajstić information content (AvgIpc) is 3.25. The number of anilines is 2. The van der Waals surface area contributed by atoms with Crippen LogP contribution < -0.4 is 15.0 Å². The number of hydrogen-bond acceptors (Lipinski definition) is 5. The van der Waals surface area contributed by atoms with Gasteiger partial charge < -0.3 is 15.0 Å². The third-order valence-corrected chi connectivity index (χ3v) is 7.21. The van der Waals surface area contributed by atoms with Crippen molar-refractivity contribution in [1.82, 2.24) is 15.0 Å². The first-order valence-corrected chi connectivity index (χ1v) is 13.6. The number of nitrogens with one attached hydrogen (secondary N) is 1. The van der Waals surface area contributed by atoms with Crippen molar-refractivity contribution >= 4 is 66.3 Å². The van der Waals surface area contributed by atoms with E-state index in [-0.39, 0.29) is 5.91 Å². The summed E-state index contributed by atoms with van der Waals surface area (Å²) in [6.45, 7) is 10.2. The quantitative estimate of drug-likeness (QED) is 0.212. The highest BCUT2D eigenvalue weighted by molar-refractivity contribution is 9.11. The standard InChI is InChI=1S/C28H29Br2N5O2/c1-6-34(7-2)21-9-10-26(18(4)12-21)35-32-24-13-17(3)23(16-25(24)33-35)31-27(36)11-8-19-14-20(29)15-22(30)28(19)37-5/h8-16H,6-7H2,1-5H3,(H,31,36)/b11-8+. The molecule has 0 saturated carbocycles. The van der Waals surface area contributed by atoms with Crippen LogP contribution in [0.5, 0.6) is 5.75 Å². The zero-order valence-corrected chi connectivity index (χ0v) is 24.6. The molecular weight excluding hydrogens is 598 g/mol. The van der Waals surface area contributed by atoms with Gasteiger partial charge >= 0.3 is 0 Å². The van der Waals surface area contributed by atoms with Crippen molar-refractivity contribution < 1.29 is 9.53 Å². The summed E-state index contributed by atoms with van der Waals surface area (Å²) in [5.74, 6) is 0.401. The van der Waals surface area contributed by atoms with E-state index in [0.717, 1.165) is 49.9 Å². The molecule has 0 aliphatic heterocycles. The predicted molar refractivity (Wildman–Crippen MR) is 158 cm³/mol. The Morgan fingerprint density at radius 2 is 1.73 bits per heavy atom. The summed E-state index contributed by atoms with van der Waals surface area (Å²) in [4.78, 5) is 16.7. The molecule has 1 heterocycles. The molecule has 7 nitrogen and oxygen atoms in total. The number of amides is 1. The second kappa shape index (κ2) is 11.5. The van der Waals surface area contributed by atoms with E-state index >= 15 is 0 Å². The Morgan fingerprint density at radius 3 is 2.38 bits per heavy atom. The molecule has 0 atom stereocenters. The number of benzene rings is 3. The number of ether oxygens (including phenoxy) is 1. The van der Waals surface area contributed by atoms with Gasteiger partial charge in [-0.3, -0.25) is 4.79 Å². The fourth-order valence-electron chi connectivity index (χ4n) is 4.22. The molecule has 3 aromatic carbocycles. The van der Waals surface area contributed by atoms with Gasteiger partial charge in [0.05, 0.1) is 17.3 Å². The molecule has 9 heteroatoms. The zero-order chi connectivity index (χ0) is 26.7. The van der Waals surface area contributed by atoms with Gasteiger partial charge in [0.1, 0.15) is 16.8 Å². The van der Waals surface area contributed by atoms with E-state index in [1.54, 1.807) is 18.0 Å². The SMILES string of the molecule is CCN(CC)c1ccc(-n2nc3cc(C)c(NC(=O)/C=C/c4cc(Br)cc(Br)c4OC)cc3n2)c(C)c1. The van der Waals surface area contributed by atoms with E-state index in [1.807, 2.05) is 31.2 Å². The monoisotopic (exact) mass is 625 g/mol. The Kier molecular flexibility index (Phi) is 8.34. The largest absolute Gasteiger partial charge is 0.495 e. The summed E-state index contributed by atoms with van der Waals surface area (Å²) in [7, 11) is 1.60. The van der Waals surface area contributed by atoms with Crippen molar-refractivity contribution in [1.29, 1.82) is 0 Å². The summed E-state index contributed by atoms with van der Waals surface area (Å²) in [5.41, 5.74) is 7.03. The molecule has 0 saturated heterocycles. The maximum absolute atomic E-state index is 12.7. The van der Waals surface area contributed by atoms with E-state index in [9.17, 15) is 4.79 Å². The second-order valence-corrected chi connectivity index (χ2v) is 10.4. The van der Waals surface area contributed by atoms with Gasteiger partial charge in [-0.05, 0) is 103 Å². The van der Waals surface area contributed by atoms with Gasteiger partial charge in [-0.1, -0.05) is 15.9 Å². The van der Waals surface area contributed by atoms with Crippen LogP contribution in [0.2, 0.25) is 0 Å². The van der Waals surface area contributed by atoms with Gasteiger partial charge in [0.25, 0.3) is 0 Å². The molecule has 0 radical (unpaired) electrons. The van der Waals surface area contributed by atoms with E-state index in [1.165, 1.54) is 11.8 Å². The average molecular weight is 627 g/mol. The number of hydrogen-bond donors (Lipinski definition) is 1. The molecular formula is C28H29Br2N5O2. The van der Waals surface area contributed by atoms with Crippen molar-refractivity contribution in [3.8, 4) is 11.4 Å². The summed E-state index contributed by atoms with van der Waals surface area (Å²) in [5, 5.41) is 12.4. The second-order valence-electron chi connectivity index (χ2n) is 8.62. The normalized spacial score (nSPS) is 11.3. The minimum Gasteiger partial charge on any atom is -0.495 e. The highest BCUT2D eigenvalue weighted by atomic mass is 79.9. The van der Waals surface area contributed by atoms with Crippen LogP contribution >= 0.6 is 31.9 Å². The fourth-order valence-corrected chi connectivity index (χ4v) is 5.64. The Balaban J connectivity index is 1.58. The van der Waals surface area contributed by atoms with Gasteiger partial charge in [-0.15, -0.1) is 10.2 Å². The molecule has 0 fully saturated rings. The summed E-state index contributed by atoms with van der Waals surface area (Å²) < 4.78 is 7.13. The lowest BCUT2D eigenvalue weighted by Gasteiger charge is -2.22. The van der Waals surface area contributed by atoms with Crippen LogP contribution in [-0.4, -0.2) is 41.1 Å². The number of nitrogens with zero attached hydrogens (tertiary/aromatic N) is 4. The Morgan fingerprint density at radius 1 is 1.03 bits per heavy atom. The first-order valence-electron chi connectivity index (χ1n) is 12.0. The molecule has 1 aromatic heterocycles. The van der Waals surface area contributed by atoms with Crippen molar-refractivity contribution in [3.63, 3.8) is 0 Å². The highest BCUT2D eigenvalue weighted by Gasteiger charge is 2.13. The van der Waals surface area contributed by atoms with Crippen LogP contribution in [0.25, 0.3) is 22.8 Å². The number of carbonyl (C=O) groups is 1. The van der Waals surface area contributed by atoms with Gasteiger partial charge in [-0.25, -0.2) is 0 Å². The minimum atomic E-state index is -0.254. The number of rotatable bonds is 8. The fraction of sp³-hybridized carbons (Fsp3) is 0.250. The van der Waals surface area contributed by atoms with Gasteiger partial charge in [0.2, 0.25) is 5.91 Å². The Hall–Kier alpha value is -3.17. The van der Waals surface area contributed by atoms with Gasteiger partial charge in [0, 0.05) is 40.6 Å². The number of fused-ring (bicyclic) bond motifs is 1. The van der Waals surface area contributed by atoms with Crippen LogP contribution in [-0.2, 0) is 4.79 Å².